The van der Waals surface area contributed by atoms with E-state index in [4.69, 9.17) is 21.1 Å². The average Bonchev–Trinajstić information content (AvgIpc) is 3.17. The van der Waals surface area contributed by atoms with Crippen molar-refractivity contribution in [3.05, 3.63) is 64.8 Å². The molecule has 1 amide bonds. The zero-order chi connectivity index (χ0) is 19.2. The minimum Gasteiger partial charge on any atom is -0.493 e. The normalized spacial score (nSPS) is 10.5. The highest BCUT2D eigenvalue weighted by atomic mass is 35.5. The van der Waals surface area contributed by atoms with Gasteiger partial charge in [0.05, 0.1) is 24.4 Å². The maximum absolute atomic E-state index is 12.4. The lowest BCUT2D eigenvalue weighted by atomic mass is 10.1. The highest BCUT2D eigenvalue weighted by Gasteiger charge is 2.13. The number of hydrogen-bond acceptors (Lipinski definition) is 4. The number of carbonyl (C=O) groups is 1. The van der Waals surface area contributed by atoms with Gasteiger partial charge in [0.2, 0.25) is 0 Å². The summed E-state index contributed by atoms with van der Waals surface area (Å²) in [5.74, 6) is 1.05. The van der Waals surface area contributed by atoms with Crippen LogP contribution >= 0.6 is 11.6 Å². The second-order valence-corrected chi connectivity index (χ2v) is 6.15. The Hall–Kier alpha value is -2.99. The largest absolute Gasteiger partial charge is 0.493 e. The van der Waals surface area contributed by atoms with E-state index in [1.807, 2.05) is 43.3 Å². The smallest absolute Gasteiger partial charge is 0.269 e. The van der Waals surface area contributed by atoms with E-state index in [9.17, 15) is 4.79 Å². The van der Waals surface area contributed by atoms with Gasteiger partial charge in [-0.15, -0.1) is 0 Å². The molecule has 0 aliphatic rings. The van der Waals surface area contributed by atoms with E-state index in [2.05, 4.69) is 15.5 Å². The third-order valence-electron chi connectivity index (χ3n) is 3.95. The van der Waals surface area contributed by atoms with E-state index in [-0.39, 0.29) is 5.91 Å². The van der Waals surface area contributed by atoms with Crippen molar-refractivity contribution in [2.75, 3.05) is 13.7 Å². The fourth-order valence-corrected chi connectivity index (χ4v) is 2.85. The Morgan fingerprint density at radius 2 is 2.00 bits per heavy atom. The van der Waals surface area contributed by atoms with Gasteiger partial charge in [-0.25, -0.2) is 0 Å². The number of aromatic amines is 1. The second-order valence-electron chi connectivity index (χ2n) is 5.75. The second kappa shape index (κ2) is 8.60. The van der Waals surface area contributed by atoms with Crippen LogP contribution in [0.1, 0.15) is 23.0 Å². The number of ether oxygens (including phenoxy) is 2. The standard InChI is InChI=1S/C20H20ClN3O3/c1-3-27-19-10-13(8-9-18(19)26-2)12-22-20(25)17-11-16(23-24-17)14-6-4-5-7-15(14)21/h4-11H,3,12H2,1-2H3,(H,22,25)(H,23,24). The number of amides is 1. The van der Waals surface area contributed by atoms with Crippen LogP contribution in [0.3, 0.4) is 0 Å². The fraction of sp³-hybridized carbons (Fsp3) is 0.200. The molecule has 0 saturated carbocycles. The first-order chi connectivity index (χ1) is 13.1. The summed E-state index contributed by atoms with van der Waals surface area (Å²) in [4.78, 5) is 12.4. The van der Waals surface area contributed by atoms with Gasteiger partial charge in [-0.2, -0.15) is 5.10 Å². The molecule has 0 unspecified atom stereocenters. The number of aromatic nitrogens is 2. The van der Waals surface area contributed by atoms with Gasteiger partial charge < -0.3 is 14.8 Å². The van der Waals surface area contributed by atoms with Gasteiger partial charge in [0.25, 0.3) is 5.91 Å². The van der Waals surface area contributed by atoms with Gasteiger partial charge in [-0.05, 0) is 36.8 Å². The number of methoxy groups -OCH3 is 1. The summed E-state index contributed by atoms with van der Waals surface area (Å²) in [6.45, 7) is 2.79. The first kappa shape index (κ1) is 18.8. The molecule has 1 heterocycles. The summed E-state index contributed by atoms with van der Waals surface area (Å²) < 4.78 is 10.8. The Kier molecular flexibility index (Phi) is 5.98. The van der Waals surface area contributed by atoms with Gasteiger partial charge in [-0.3, -0.25) is 9.89 Å². The van der Waals surface area contributed by atoms with Crippen molar-refractivity contribution in [1.82, 2.24) is 15.5 Å². The number of carbonyl (C=O) groups excluding carboxylic acids is 1. The first-order valence-corrected chi connectivity index (χ1v) is 8.88. The molecule has 6 nitrogen and oxygen atoms in total. The zero-order valence-corrected chi connectivity index (χ0v) is 15.8. The summed E-state index contributed by atoms with van der Waals surface area (Å²) in [6, 6.07) is 14.6. The Morgan fingerprint density at radius 1 is 1.19 bits per heavy atom. The Bertz CT molecular complexity index is 940. The van der Waals surface area contributed by atoms with Gasteiger partial charge in [0.1, 0.15) is 5.69 Å². The highest BCUT2D eigenvalue weighted by Crippen LogP contribution is 2.28. The summed E-state index contributed by atoms with van der Waals surface area (Å²) in [5, 5.41) is 10.4. The number of nitrogens with one attached hydrogen (secondary N) is 2. The molecule has 0 radical (unpaired) electrons. The summed E-state index contributed by atoms with van der Waals surface area (Å²) in [7, 11) is 1.59. The molecule has 0 fully saturated rings. The molecule has 0 atom stereocenters. The molecular formula is C20H20ClN3O3. The summed E-state index contributed by atoms with van der Waals surface area (Å²) in [5.41, 5.74) is 2.65. The molecule has 0 saturated heterocycles. The molecule has 7 heteroatoms. The van der Waals surface area contributed by atoms with E-state index in [1.54, 1.807) is 19.2 Å². The van der Waals surface area contributed by atoms with Gasteiger partial charge in [0.15, 0.2) is 11.5 Å². The third kappa shape index (κ3) is 4.41. The van der Waals surface area contributed by atoms with Crippen LogP contribution in [0.4, 0.5) is 0 Å². The number of hydrogen-bond donors (Lipinski definition) is 2. The molecule has 1 aromatic heterocycles. The summed E-state index contributed by atoms with van der Waals surface area (Å²) >= 11 is 6.18. The Labute approximate surface area is 162 Å². The van der Waals surface area contributed by atoms with Crippen molar-refractivity contribution < 1.29 is 14.3 Å². The van der Waals surface area contributed by atoms with Crippen molar-refractivity contribution in [1.29, 1.82) is 0 Å². The number of halogens is 1. The van der Waals surface area contributed by atoms with Crippen LogP contribution < -0.4 is 14.8 Å². The van der Waals surface area contributed by atoms with Crippen LogP contribution in [0, 0.1) is 0 Å². The highest BCUT2D eigenvalue weighted by molar-refractivity contribution is 6.33. The van der Waals surface area contributed by atoms with E-state index in [1.165, 1.54) is 0 Å². The molecule has 2 aromatic carbocycles. The predicted octanol–water partition coefficient (Wildman–Crippen LogP) is 4.07. The van der Waals surface area contributed by atoms with Crippen molar-refractivity contribution >= 4 is 17.5 Å². The fourth-order valence-electron chi connectivity index (χ4n) is 2.62. The third-order valence-corrected chi connectivity index (χ3v) is 4.28. The molecular weight excluding hydrogens is 366 g/mol. The molecule has 3 aromatic rings. The van der Waals surface area contributed by atoms with Crippen LogP contribution in [0.15, 0.2) is 48.5 Å². The van der Waals surface area contributed by atoms with Gasteiger partial charge in [-0.1, -0.05) is 35.9 Å². The maximum Gasteiger partial charge on any atom is 0.269 e. The molecule has 2 N–H and O–H groups in total. The lowest BCUT2D eigenvalue weighted by molar-refractivity contribution is 0.0946. The van der Waals surface area contributed by atoms with Crippen LogP contribution in [0.25, 0.3) is 11.3 Å². The topological polar surface area (TPSA) is 76.2 Å². The van der Waals surface area contributed by atoms with Crippen LogP contribution in [-0.4, -0.2) is 29.8 Å². The van der Waals surface area contributed by atoms with Gasteiger partial charge in [0, 0.05) is 12.1 Å². The van der Waals surface area contributed by atoms with Crippen molar-refractivity contribution in [2.45, 2.75) is 13.5 Å². The van der Waals surface area contributed by atoms with E-state index < -0.39 is 0 Å². The van der Waals surface area contributed by atoms with E-state index in [0.717, 1.165) is 11.1 Å². The number of benzene rings is 2. The molecule has 0 aliphatic carbocycles. The van der Waals surface area contributed by atoms with Crippen molar-refractivity contribution in [2.24, 2.45) is 0 Å². The monoisotopic (exact) mass is 385 g/mol. The SMILES string of the molecule is CCOc1cc(CNC(=O)c2cc(-c3ccccc3Cl)n[nH]2)ccc1OC. The molecule has 3 rings (SSSR count). The van der Waals surface area contributed by atoms with E-state index in [0.29, 0.717) is 41.1 Å². The van der Waals surface area contributed by atoms with Crippen molar-refractivity contribution in [3.8, 4) is 22.8 Å². The summed E-state index contributed by atoms with van der Waals surface area (Å²) in [6.07, 6.45) is 0. The minimum atomic E-state index is -0.255. The zero-order valence-electron chi connectivity index (χ0n) is 15.1. The molecule has 0 spiro atoms. The molecule has 27 heavy (non-hydrogen) atoms. The van der Waals surface area contributed by atoms with Crippen LogP contribution in [-0.2, 0) is 6.54 Å². The maximum atomic E-state index is 12.4. The van der Waals surface area contributed by atoms with Gasteiger partial charge >= 0.3 is 0 Å². The quantitative estimate of drug-likeness (QED) is 0.642. The number of nitrogens with zero attached hydrogens (tertiary/aromatic N) is 1. The number of rotatable bonds is 7. The average molecular weight is 386 g/mol. The Balaban J connectivity index is 1.68. The van der Waals surface area contributed by atoms with E-state index >= 15 is 0 Å². The van der Waals surface area contributed by atoms with Crippen LogP contribution in [0.2, 0.25) is 5.02 Å². The Morgan fingerprint density at radius 3 is 2.74 bits per heavy atom. The van der Waals surface area contributed by atoms with Crippen LogP contribution in [0.5, 0.6) is 11.5 Å². The van der Waals surface area contributed by atoms with Crippen molar-refractivity contribution in [3.63, 3.8) is 0 Å². The molecule has 0 bridgehead atoms. The molecule has 140 valence electrons. The number of H-pyrrole nitrogens is 1. The molecule has 0 aliphatic heterocycles. The predicted molar refractivity (Wildman–Crippen MR) is 104 cm³/mol. The first-order valence-electron chi connectivity index (χ1n) is 8.50. The lowest BCUT2D eigenvalue weighted by Crippen LogP contribution is -2.23. The minimum absolute atomic E-state index is 0.255. The lowest BCUT2D eigenvalue weighted by Gasteiger charge is -2.11.